The maximum absolute atomic E-state index is 3.80. The van der Waals surface area contributed by atoms with Gasteiger partial charge in [0.15, 0.2) is 0 Å². The van der Waals surface area contributed by atoms with Gasteiger partial charge >= 0.3 is 0 Å². The van der Waals surface area contributed by atoms with Crippen LogP contribution in [-0.2, 0) is 0 Å². The molecule has 1 aliphatic heterocycles. The van der Waals surface area contributed by atoms with Crippen molar-refractivity contribution in [1.82, 2.24) is 0 Å². The molecule has 1 rings (SSSR count). The van der Waals surface area contributed by atoms with Gasteiger partial charge in [0.05, 0.1) is 0 Å². The van der Waals surface area contributed by atoms with Gasteiger partial charge in [-0.3, -0.25) is 0 Å². The van der Waals surface area contributed by atoms with Gasteiger partial charge in [0.25, 0.3) is 0 Å². The van der Waals surface area contributed by atoms with Crippen molar-refractivity contribution in [2.24, 2.45) is 10.2 Å². The zero-order chi connectivity index (χ0) is 5.28. The minimum atomic E-state index is 0.946. The van der Waals surface area contributed by atoms with E-state index in [1.165, 1.54) is 0 Å². The van der Waals surface area contributed by atoms with Gasteiger partial charge in [-0.15, -0.1) is 10.2 Å². The van der Waals surface area contributed by atoms with E-state index in [0.717, 1.165) is 13.9 Å². The van der Waals surface area contributed by atoms with E-state index in [4.69, 9.17) is 0 Å². The third kappa shape index (κ3) is 1.63. The molecule has 2 nitrogen and oxygen atoms in total. The highest BCUT2D eigenvalue weighted by atomic mass is 127. The summed E-state index contributed by atoms with van der Waals surface area (Å²) in [6, 6.07) is 0. The number of halogens is 2. The van der Waals surface area contributed by atoms with E-state index in [9.17, 15) is 0 Å². The molecular weight excluding hydrogens is 318 g/mol. The van der Waals surface area contributed by atoms with Crippen molar-refractivity contribution in [2.75, 3.05) is 0 Å². The molecule has 0 N–H and O–H groups in total. The number of nitrogens with zero attached hydrogens (tertiary/aromatic N) is 2. The van der Waals surface area contributed by atoms with E-state index in [0.29, 0.717) is 0 Å². The summed E-state index contributed by atoms with van der Waals surface area (Å²) >= 11 is 4.36. The fourth-order valence-corrected chi connectivity index (χ4v) is 1.97. The summed E-state index contributed by atoms with van der Waals surface area (Å²) < 4.78 is 2.17. The molecule has 0 radical (unpaired) electrons. The highest BCUT2D eigenvalue weighted by Crippen LogP contribution is 2.11. The molecule has 0 atom stereocenters. The summed E-state index contributed by atoms with van der Waals surface area (Å²) in [5.41, 5.74) is 0. The van der Waals surface area contributed by atoms with Crippen molar-refractivity contribution >= 4 is 52.6 Å². The zero-order valence-corrected chi connectivity index (χ0v) is 7.67. The average Bonchev–Trinajstić information content (AvgIpc) is 1.87. The monoisotopic (exact) mass is 320 g/mol. The molecule has 4 heteroatoms. The second-order valence-electron chi connectivity index (χ2n) is 1.13. The fraction of sp³-hybridized carbons (Fsp3) is 0.333. The maximum Gasteiger partial charge on any atom is 0.107 e. The van der Waals surface area contributed by atoms with E-state index in [1.807, 2.05) is 0 Å². The summed E-state index contributed by atoms with van der Waals surface area (Å²) in [5, 5.41) is 7.60. The minimum absolute atomic E-state index is 0.946. The molecule has 38 valence electrons. The predicted octanol–water partition coefficient (Wildman–Crippen LogP) is 1.97. The van der Waals surface area contributed by atoms with Crippen LogP contribution in [-0.4, -0.2) is 7.44 Å². The second kappa shape index (κ2) is 2.38. The van der Waals surface area contributed by atoms with Gasteiger partial charge in [0.1, 0.15) is 7.44 Å². The van der Waals surface area contributed by atoms with Crippen LogP contribution in [0.25, 0.3) is 0 Å². The van der Waals surface area contributed by atoms with Gasteiger partial charge < -0.3 is 0 Å². The molecular formula is C3H2I2N2. The molecule has 0 aromatic heterocycles. The highest BCUT2D eigenvalue weighted by Gasteiger charge is 2.03. The van der Waals surface area contributed by atoms with Crippen LogP contribution in [0.5, 0.6) is 0 Å². The zero-order valence-electron chi connectivity index (χ0n) is 3.36. The molecule has 0 amide bonds. The van der Waals surface area contributed by atoms with Crippen LogP contribution >= 0.6 is 45.2 Å². The van der Waals surface area contributed by atoms with Gasteiger partial charge in [-0.25, -0.2) is 0 Å². The van der Waals surface area contributed by atoms with Crippen LogP contribution in [0.4, 0.5) is 0 Å². The Balaban J connectivity index is 2.61. The topological polar surface area (TPSA) is 24.7 Å². The van der Waals surface area contributed by atoms with Crippen LogP contribution < -0.4 is 0 Å². The van der Waals surface area contributed by atoms with Crippen LogP contribution in [0.15, 0.2) is 10.2 Å². The lowest BCUT2D eigenvalue weighted by Gasteiger charge is -1.76. The summed E-state index contributed by atoms with van der Waals surface area (Å²) in [4.78, 5) is 0. The standard InChI is InChI=1S/C3H2I2N2/c4-2-1-3(5)7-6-2/h1H2. The Morgan fingerprint density at radius 3 is 1.71 bits per heavy atom. The molecule has 0 spiro atoms. The smallest absolute Gasteiger partial charge is 0.107 e. The fourth-order valence-electron chi connectivity index (χ4n) is 0.300. The van der Waals surface area contributed by atoms with E-state index in [1.54, 1.807) is 0 Å². The van der Waals surface area contributed by atoms with Gasteiger partial charge in [-0.05, 0) is 45.2 Å². The average molecular weight is 320 g/mol. The van der Waals surface area contributed by atoms with Crippen LogP contribution in [0.2, 0.25) is 0 Å². The highest BCUT2D eigenvalue weighted by molar-refractivity contribution is 14.1. The first kappa shape index (κ1) is 5.93. The van der Waals surface area contributed by atoms with Crippen molar-refractivity contribution in [1.29, 1.82) is 0 Å². The van der Waals surface area contributed by atoms with Crippen molar-refractivity contribution < 1.29 is 0 Å². The van der Waals surface area contributed by atoms with Crippen molar-refractivity contribution in [3.8, 4) is 0 Å². The van der Waals surface area contributed by atoms with Crippen LogP contribution in [0.1, 0.15) is 6.42 Å². The third-order valence-corrected chi connectivity index (χ3v) is 1.75. The number of hydrogen-bond acceptors (Lipinski definition) is 2. The Morgan fingerprint density at radius 2 is 1.57 bits per heavy atom. The Labute approximate surface area is 68.7 Å². The molecule has 0 saturated heterocycles. The van der Waals surface area contributed by atoms with E-state index >= 15 is 0 Å². The molecule has 0 aliphatic carbocycles. The summed E-state index contributed by atoms with van der Waals surface area (Å²) in [6.07, 6.45) is 0.946. The molecule has 1 aliphatic rings. The van der Waals surface area contributed by atoms with Gasteiger partial charge in [-0.1, -0.05) is 0 Å². The molecule has 0 aromatic rings. The quantitative estimate of drug-likeness (QED) is 0.610. The van der Waals surface area contributed by atoms with E-state index in [-0.39, 0.29) is 0 Å². The first-order valence-corrected chi connectivity index (χ1v) is 3.89. The SMILES string of the molecule is IC1=NN=C(I)C1. The van der Waals surface area contributed by atoms with E-state index in [2.05, 4.69) is 55.4 Å². The summed E-state index contributed by atoms with van der Waals surface area (Å²) in [5.74, 6) is 0. The largest absolute Gasteiger partial charge is 0.148 e. The van der Waals surface area contributed by atoms with Crippen molar-refractivity contribution in [3.63, 3.8) is 0 Å². The lowest BCUT2D eigenvalue weighted by molar-refractivity contribution is 1.29. The maximum atomic E-state index is 3.80. The molecule has 0 unspecified atom stereocenters. The molecule has 1 heterocycles. The summed E-state index contributed by atoms with van der Waals surface area (Å²) in [7, 11) is 0. The van der Waals surface area contributed by atoms with Gasteiger partial charge in [0, 0.05) is 6.42 Å². The minimum Gasteiger partial charge on any atom is -0.148 e. The predicted molar refractivity (Wildman–Crippen MR) is 47.5 cm³/mol. The lowest BCUT2D eigenvalue weighted by atomic mass is 10.5. The second-order valence-corrected chi connectivity index (χ2v) is 3.62. The molecule has 0 aromatic carbocycles. The molecule has 0 fully saturated rings. The van der Waals surface area contributed by atoms with Crippen LogP contribution in [0.3, 0.4) is 0 Å². The third-order valence-electron chi connectivity index (χ3n) is 0.559. The van der Waals surface area contributed by atoms with Gasteiger partial charge in [-0.2, -0.15) is 0 Å². The first-order valence-electron chi connectivity index (χ1n) is 1.73. The van der Waals surface area contributed by atoms with Crippen molar-refractivity contribution in [2.45, 2.75) is 6.42 Å². The Morgan fingerprint density at radius 1 is 1.14 bits per heavy atom. The van der Waals surface area contributed by atoms with E-state index < -0.39 is 0 Å². The molecule has 0 bridgehead atoms. The van der Waals surface area contributed by atoms with Gasteiger partial charge in [0.2, 0.25) is 0 Å². The Bertz CT molecular complexity index is 122. The normalized spacial score (nSPS) is 19.1. The number of hydrogen-bond donors (Lipinski definition) is 0. The Hall–Kier alpha value is 0.800. The summed E-state index contributed by atoms with van der Waals surface area (Å²) in [6.45, 7) is 0. The Kier molecular flexibility index (Phi) is 2.02. The lowest BCUT2D eigenvalue weighted by Crippen LogP contribution is -1.83. The molecule has 0 saturated carbocycles. The van der Waals surface area contributed by atoms with Crippen LogP contribution in [0, 0.1) is 0 Å². The first-order chi connectivity index (χ1) is 3.29. The molecule has 7 heavy (non-hydrogen) atoms. The van der Waals surface area contributed by atoms with Crippen molar-refractivity contribution in [3.05, 3.63) is 0 Å². The number of rotatable bonds is 0.